The molecule has 0 spiro atoms. The number of esters is 1. The number of fused-ring (bicyclic) bond motifs is 1. The van der Waals surface area contributed by atoms with Gasteiger partial charge in [-0.15, -0.1) is 0 Å². The standard InChI is InChI=1S/C43H83NO2/c1-8-13-17-20-26-37(34-39(29-16-11-4)46-41(45)31-21-18-14-9-2)35-43(7,32-24-19-15-10-3)42(36(6)12-5)44-33-25-28-38-27-22-23-30-40(38)44/h36-40,42H,8-35H2,1-7H3. The normalized spacial score (nSPS) is 22.8. The van der Waals surface area contributed by atoms with Crippen LogP contribution in [0.15, 0.2) is 0 Å². The smallest absolute Gasteiger partial charge is 0.306 e. The van der Waals surface area contributed by atoms with Gasteiger partial charge in [-0.3, -0.25) is 9.69 Å². The van der Waals surface area contributed by atoms with E-state index in [9.17, 15) is 4.79 Å². The lowest BCUT2D eigenvalue weighted by Crippen LogP contribution is -2.59. The summed E-state index contributed by atoms with van der Waals surface area (Å²) in [7, 11) is 0. The monoisotopic (exact) mass is 646 g/mol. The second kappa shape index (κ2) is 24.5. The van der Waals surface area contributed by atoms with Gasteiger partial charge in [-0.2, -0.15) is 0 Å². The van der Waals surface area contributed by atoms with E-state index in [1.54, 1.807) is 0 Å². The van der Waals surface area contributed by atoms with Gasteiger partial charge in [-0.1, -0.05) is 158 Å². The fourth-order valence-electron chi connectivity index (χ4n) is 9.76. The largest absolute Gasteiger partial charge is 0.462 e. The highest BCUT2D eigenvalue weighted by Crippen LogP contribution is 2.48. The number of piperidine rings is 1. The van der Waals surface area contributed by atoms with Crippen molar-refractivity contribution in [3.8, 4) is 0 Å². The average molecular weight is 646 g/mol. The zero-order valence-corrected chi connectivity index (χ0v) is 32.5. The van der Waals surface area contributed by atoms with E-state index >= 15 is 0 Å². The first-order valence-electron chi connectivity index (χ1n) is 21.3. The highest BCUT2D eigenvalue weighted by atomic mass is 16.5. The van der Waals surface area contributed by atoms with Crippen LogP contribution in [0.5, 0.6) is 0 Å². The third-order valence-corrected chi connectivity index (χ3v) is 12.4. The van der Waals surface area contributed by atoms with E-state index in [1.807, 2.05) is 0 Å². The summed E-state index contributed by atoms with van der Waals surface area (Å²) in [5.41, 5.74) is 0.303. The van der Waals surface area contributed by atoms with Crippen LogP contribution >= 0.6 is 0 Å². The minimum absolute atomic E-state index is 0.0680. The highest BCUT2D eigenvalue weighted by molar-refractivity contribution is 5.69. The van der Waals surface area contributed by atoms with Crippen molar-refractivity contribution in [2.75, 3.05) is 6.54 Å². The zero-order chi connectivity index (χ0) is 33.6. The molecule has 0 aromatic rings. The average Bonchev–Trinajstić information content (AvgIpc) is 3.06. The molecule has 1 aliphatic heterocycles. The van der Waals surface area contributed by atoms with Crippen molar-refractivity contribution in [3.05, 3.63) is 0 Å². The van der Waals surface area contributed by atoms with Crippen molar-refractivity contribution in [3.63, 3.8) is 0 Å². The molecule has 3 heteroatoms. The molecular formula is C43H83NO2. The van der Waals surface area contributed by atoms with E-state index in [0.29, 0.717) is 23.8 Å². The maximum atomic E-state index is 13.1. The minimum Gasteiger partial charge on any atom is -0.462 e. The van der Waals surface area contributed by atoms with Crippen LogP contribution in [0.3, 0.4) is 0 Å². The first kappa shape index (κ1) is 41.6. The number of ether oxygens (including phenoxy) is 1. The lowest BCUT2D eigenvalue weighted by Gasteiger charge is -2.55. The second-order valence-corrected chi connectivity index (χ2v) is 16.5. The highest BCUT2D eigenvalue weighted by Gasteiger charge is 2.46. The van der Waals surface area contributed by atoms with Crippen LogP contribution < -0.4 is 0 Å². The maximum absolute atomic E-state index is 13.1. The molecule has 3 nitrogen and oxygen atoms in total. The topological polar surface area (TPSA) is 29.5 Å². The van der Waals surface area contributed by atoms with E-state index < -0.39 is 0 Å². The molecule has 0 radical (unpaired) electrons. The van der Waals surface area contributed by atoms with Crippen molar-refractivity contribution < 1.29 is 9.53 Å². The Hall–Kier alpha value is -0.570. The van der Waals surface area contributed by atoms with Crippen LogP contribution in [-0.2, 0) is 9.53 Å². The molecule has 2 aliphatic rings. The fourth-order valence-corrected chi connectivity index (χ4v) is 9.76. The van der Waals surface area contributed by atoms with Crippen LogP contribution in [0.1, 0.15) is 222 Å². The Kier molecular flexibility index (Phi) is 22.2. The van der Waals surface area contributed by atoms with Crippen LogP contribution in [0.4, 0.5) is 0 Å². The van der Waals surface area contributed by atoms with Crippen LogP contribution in [-0.4, -0.2) is 35.6 Å². The van der Waals surface area contributed by atoms with Gasteiger partial charge in [0.25, 0.3) is 0 Å². The van der Waals surface area contributed by atoms with Gasteiger partial charge >= 0.3 is 5.97 Å². The Balaban J connectivity index is 2.38. The number of hydrogen-bond acceptors (Lipinski definition) is 3. The van der Waals surface area contributed by atoms with Gasteiger partial charge in [0, 0.05) is 18.5 Å². The minimum atomic E-state index is 0.0680. The number of likely N-dealkylation sites (tertiary alicyclic amines) is 1. The molecule has 1 saturated carbocycles. The first-order chi connectivity index (χ1) is 22.3. The van der Waals surface area contributed by atoms with Crippen LogP contribution in [0.25, 0.3) is 0 Å². The Bertz CT molecular complexity index is 751. The summed E-state index contributed by atoms with van der Waals surface area (Å²) in [6.07, 6.45) is 34.4. The van der Waals surface area contributed by atoms with Crippen molar-refractivity contribution in [2.24, 2.45) is 23.2 Å². The summed E-state index contributed by atoms with van der Waals surface area (Å²) in [4.78, 5) is 16.2. The summed E-state index contributed by atoms with van der Waals surface area (Å²) in [5.74, 6) is 2.35. The summed E-state index contributed by atoms with van der Waals surface area (Å²) in [6, 6.07) is 1.48. The van der Waals surface area contributed by atoms with Crippen LogP contribution in [0, 0.1) is 23.2 Å². The molecule has 0 bridgehead atoms. The molecule has 0 amide bonds. The van der Waals surface area contributed by atoms with Gasteiger partial charge in [-0.05, 0) is 87.5 Å². The quantitative estimate of drug-likeness (QED) is 0.0657. The van der Waals surface area contributed by atoms with Gasteiger partial charge in [0.2, 0.25) is 0 Å². The maximum Gasteiger partial charge on any atom is 0.306 e. The van der Waals surface area contributed by atoms with Crippen molar-refractivity contribution >= 4 is 5.97 Å². The number of hydrogen-bond donors (Lipinski definition) is 0. The SMILES string of the molecule is CCCCCCC(=O)OC(CCCC)CC(CCCCCC)CC(C)(CCCCCC)C(C(C)CC)N1CCCC2CCCCC21. The Labute approximate surface area is 289 Å². The predicted molar refractivity (Wildman–Crippen MR) is 201 cm³/mol. The molecule has 0 aromatic heterocycles. The van der Waals surface area contributed by atoms with Crippen molar-refractivity contribution in [1.82, 2.24) is 4.90 Å². The summed E-state index contributed by atoms with van der Waals surface area (Å²) in [6.45, 7) is 18.3. The van der Waals surface area contributed by atoms with Gasteiger partial charge in [-0.25, -0.2) is 0 Å². The molecule has 1 heterocycles. The van der Waals surface area contributed by atoms with Gasteiger partial charge < -0.3 is 4.74 Å². The lowest BCUT2D eigenvalue weighted by molar-refractivity contribution is -0.150. The third-order valence-electron chi connectivity index (χ3n) is 12.4. The number of carbonyl (C=O) groups excluding carboxylic acids is 1. The number of nitrogens with zero attached hydrogens (tertiary/aromatic N) is 1. The molecule has 272 valence electrons. The van der Waals surface area contributed by atoms with Gasteiger partial charge in [0.1, 0.15) is 6.10 Å². The zero-order valence-electron chi connectivity index (χ0n) is 32.5. The number of rotatable bonds is 27. The molecular weight excluding hydrogens is 562 g/mol. The van der Waals surface area contributed by atoms with E-state index in [1.165, 1.54) is 141 Å². The summed E-state index contributed by atoms with van der Waals surface area (Å²) in [5, 5.41) is 0. The lowest BCUT2D eigenvalue weighted by atomic mass is 9.64. The Morgan fingerprint density at radius 2 is 1.39 bits per heavy atom. The predicted octanol–water partition coefficient (Wildman–Crippen LogP) is 13.5. The molecule has 2 rings (SSSR count). The first-order valence-corrected chi connectivity index (χ1v) is 21.3. The number of unbranched alkanes of at least 4 members (excludes halogenated alkanes) is 10. The molecule has 1 saturated heterocycles. The second-order valence-electron chi connectivity index (χ2n) is 16.5. The molecule has 0 N–H and O–H groups in total. The number of carbonyl (C=O) groups is 1. The molecule has 0 aromatic carbocycles. The summed E-state index contributed by atoms with van der Waals surface area (Å²) >= 11 is 0. The third kappa shape index (κ3) is 14.9. The van der Waals surface area contributed by atoms with E-state index in [4.69, 9.17) is 4.74 Å². The molecule has 46 heavy (non-hydrogen) atoms. The van der Waals surface area contributed by atoms with Gasteiger partial charge in [0.15, 0.2) is 0 Å². The molecule has 1 aliphatic carbocycles. The molecule has 7 atom stereocenters. The van der Waals surface area contributed by atoms with E-state index in [-0.39, 0.29) is 12.1 Å². The molecule has 7 unspecified atom stereocenters. The molecule has 2 fully saturated rings. The van der Waals surface area contributed by atoms with Gasteiger partial charge in [0.05, 0.1) is 0 Å². The van der Waals surface area contributed by atoms with E-state index in [2.05, 4.69) is 53.4 Å². The van der Waals surface area contributed by atoms with Crippen molar-refractivity contribution in [2.45, 2.75) is 240 Å². The Morgan fingerprint density at radius 1 is 0.761 bits per heavy atom. The summed E-state index contributed by atoms with van der Waals surface area (Å²) < 4.78 is 6.39. The van der Waals surface area contributed by atoms with E-state index in [0.717, 1.165) is 50.0 Å². The fraction of sp³-hybridized carbons (Fsp3) is 0.977. The van der Waals surface area contributed by atoms with Crippen molar-refractivity contribution in [1.29, 1.82) is 0 Å². The Morgan fingerprint density at radius 3 is 2.07 bits per heavy atom. The van der Waals surface area contributed by atoms with Crippen LogP contribution in [0.2, 0.25) is 0 Å².